The van der Waals surface area contributed by atoms with Gasteiger partial charge in [0, 0.05) is 0 Å². The molecular weight excluding hydrogens is 404 g/mol. The van der Waals surface area contributed by atoms with Gasteiger partial charge in [-0.2, -0.15) is 0 Å². The zero-order chi connectivity index (χ0) is 18.1. The Bertz CT molecular complexity index is 868. The second-order valence-corrected chi connectivity index (χ2v) is 7.19. The molecule has 5 heteroatoms. The molecule has 2 aromatic carbocycles. The minimum atomic E-state index is -0.285. The minimum absolute atomic E-state index is 0. The third-order valence-corrected chi connectivity index (χ3v) is 5.79. The summed E-state index contributed by atoms with van der Waals surface area (Å²) in [5.74, 6) is 0.657. The van der Waals surface area contributed by atoms with Crippen LogP contribution in [0, 0.1) is 0 Å². The Balaban J connectivity index is 0.00000210. The molecule has 0 unspecified atom stereocenters. The molecule has 1 heterocycles. The van der Waals surface area contributed by atoms with Gasteiger partial charge in [0.2, 0.25) is 0 Å². The van der Waals surface area contributed by atoms with Gasteiger partial charge < -0.3 is 21.7 Å². The van der Waals surface area contributed by atoms with Crippen LogP contribution in [-0.4, -0.2) is 23.0 Å². The summed E-state index contributed by atoms with van der Waals surface area (Å²) in [4.78, 5) is 11.9. The fraction of sp³-hybridized carbons (Fsp3) is 0.364. The normalized spacial score (nSPS) is 17.4. The van der Waals surface area contributed by atoms with Crippen LogP contribution >= 0.6 is 0 Å². The highest BCUT2D eigenvalue weighted by Crippen LogP contribution is 2.45. The highest BCUT2D eigenvalue weighted by molar-refractivity contribution is 5.91. The van der Waals surface area contributed by atoms with E-state index in [0.717, 1.165) is 30.9 Å². The van der Waals surface area contributed by atoms with Crippen LogP contribution in [0.25, 0.3) is 0 Å². The van der Waals surface area contributed by atoms with Crippen LogP contribution in [0.1, 0.15) is 54.1 Å². The number of hydrogen-bond acceptors (Lipinski definition) is 3. The van der Waals surface area contributed by atoms with Crippen molar-refractivity contribution in [3.63, 3.8) is 0 Å². The molecule has 27 heavy (non-hydrogen) atoms. The largest absolute Gasteiger partial charge is 1.00 e. The van der Waals surface area contributed by atoms with Crippen molar-refractivity contribution in [1.82, 2.24) is 0 Å². The van der Waals surface area contributed by atoms with Crippen molar-refractivity contribution in [3.05, 3.63) is 65.2 Å². The topological polar surface area (TPSA) is 55.3 Å². The van der Waals surface area contributed by atoms with E-state index in [4.69, 9.17) is 10.5 Å². The first-order chi connectivity index (χ1) is 12.7. The average Bonchev–Trinajstić information content (AvgIpc) is 3.16. The van der Waals surface area contributed by atoms with Crippen molar-refractivity contribution in [2.45, 2.75) is 44.6 Å². The van der Waals surface area contributed by atoms with Crippen molar-refractivity contribution in [2.24, 2.45) is 5.73 Å². The van der Waals surface area contributed by atoms with Crippen molar-refractivity contribution < 1.29 is 31.1 Å². The highest BCUT2D eigenvalue weighted by atomic mass is 79.9. The molecule has 1 aliphatic carbocycles. The number of esters is 1. The molecule has 2 aliphatic rings. The van der Waals surface area contributed by atoms with Crippen molar-refractivity contribution >= 4 is 17.5 Å². The standard InChI is InChI=1S/C22H24N2O2.BrH/c1-2-26-20(25)16-9-11-18(12-10-16)24-15-17-7-3-4-8-19(17)22(21(24)23)13-5-6-14-22;/h3-4,7-12,23H,2,5-6,13-15H2,1H3;1H. The zero-order valence-corrected chi connectivity index (χ0v) is 17.2. The molecule has 4 nitrogen and oxygen atoms in total. The van der Waals surface area contributed by atoms with Gasteiger partial charge >= 0.3 is 5.97 Å². The number of amidine groups is 1. The number of halogens is 1. The van der Waals surface area contributed by atoms with E-state index in [9.17, 15) is 4.79 Å². The van der Waals surface area contributed by atoms with Crippen LogP contribution < -0.4 is 22.7 Å². The fourth-order valence-electron chi connectivity index (χ4n) is 4.50. The maximum absolute atomic E-state index is 11.9. The van der Waals surface area contributed by atoms with Crippen LogP contribution in [0.2, 0.25) is 0 Å². The highest BCUT2D eigenvalue weighted by Gasteiger charge is 2.48. The van der Waals surface area contributed by atoms with Gasteiger partial charge in [-0.1, -0.05) is 37.1 Å². The lowest BCUT2D eigenvalue weighted by atomic mass is 9.73. The number of carbonyl (C=O) groups excluding carboxylic acids is 1. The first-order valence-corrected chi connectivity index (χ1v) is 9.42. The minimum Gasteiger partial charge on any atom is -1.00 e. The number of nitrogens with two attached hydrogens (primary N) is 1. The van der Waals surface area contributed by atoms with E-state index in [1.807, 2.05) is 31.2 Å². The zero-order valence-electron chi connectivity index (χ0n) is 15.6. The summed E-state index contributed by atoms with van der Waals surface area (Å²) in [6.45, 7) is 2.96. The van der Waals surface area contributed by atoms with E-state index in [2.05, 4.69) is 28.8 Å². The third-order valence-electron chi connectivity index (χ3n) is 5.79. The number of ether oxygens (including phenoxy) is 1. The van der Waals surface area contributed by atoms with Gasteiger partial charge in [-0.3, -0.25) is 5.73 Å². The molecule has 0 amide bonds. The molecule has 1 aliphatic heterocycles. The molecule has 2 aromatic rings. The van der Waals surface area contributed by atoms with Gasteiger partial charge in [-0.05, 0) is 55.2 Å². The van der Waals surface area contributed by atoms with E-state index in [1.165, 1.54) is 24.0 Å². The molecular formula is C22H25BrN2O2. The summed E-state index contributed by atoms with van der Waals surface area (Å²) >= 11 is 0. The van der Waals surface area contributed by atoms with Crippen LogP contribution in [0.4, 0.5) is 5.69 Å². The SMILES string of the molecule is CCOC(=O)c1ccc([N+]2=C(N)C3(CCCC3)c3ccccc3C2)cc1.[Br-]. The number of rotatable bonds is 3. The molecule has 1 spiro atoms. The Labute approximate surface area is 170 Å². The number of benzene rings is 2. The molecule has 1 saturated carbocycles. The van der Waals surface area contributed by atoms with E-state index < -0.39 is 0 Å². The quantitative estimate of drug-likeness (QED) is 0.583. The molecule has 2 N–H and O–H groups in total. The van der Waals surface area contributed by atoms with Crippen LogP contribution in [-0.2, 0) is 16.7 Å². The van der Waals surface area contributed by atoms with Crippen molar-refractivity contribution in [3.8, 4) is 0 Å². The average molecular weight is 429 g/mol. The van der Waals surface area contributed by atoms with Gasteiger partial charge in [0.1, 0.15) is 12.2 Å². The first kappa shape index (κ1) is 19.6. The van der Waals surface area contributed by atoms with Crippen LogP contribution in [0.5, 0.6) is 0 Å². The smallest absolute Gasteiger partial charge is 0.338 e. The summed E-state index contributed by atoms with van der Waals surface area (Å²) in [5, 5.41) is 0. The van der Waals surface area contributed by atoms with Gasteiger partial charge in [0.05, 0.1) is 17.6 Å². The molecule has 0 atom stereocenters. The predicted molar refractivity (Wildman–Crippen MR) is 102 cm³/mol. The predicted octanol–water partition coefficient (Wildman–Crippen LogP) is 0.894. The molecule has 0 aromatic heterocycles. The Morgan fingerprint density at radius 3 is 2.44 bits per heavy atom. The summed E-state index contributed by atoms with van der Waals surface area (Å²) in [7, 11) is 0. The van der Waals surface area contributed by atoms with E-state index in [0.29, 0.717) is 12.2 Å². The lowest BCUT2D eigenvalue weighted by Gasteiger charge is -2.33. The lowest BCUT2D eigenvalue weighted by Crippen LogP contribution is -3.00. The Hall–Kier alpha value is -2.14. The second kappa shape index (κ2) is 7.85. The maximum atomic E-state index is 11.9. The summed E-state index contributed by atoms with van der Waals surface area (Å²) < 4.78 is 7.29. The van der Waals surface area contributed by atoms with Crippen molar-refractivity contribution in [1.29, 1.82) is 0 Å². The second-order valence-electron chi connectivity index (χ2n) is 7.19. The first-order valence-electron chi connectivity index (χ1n) is 9.42. The number of hydrogen-bond donors (Lipinski definition) is 1. The molecule has 142 valence electrons. The number of carbonyl (C=O) groups is 1. The molecule has 0 saturated heterocycles. The van der Waals surface area contributed by atoms with E-state index in [-0.39, 0.29) is 28.4 Å². The van der Waals surface area contributed by atoms with Gasteiger partial charge in [0.25, 0.3) is 5.84 Å². The van der Waals surface area contributed by atoms with E-state index in [1.54, 1.807) is 0 Å². The monoisotopic (exact) mass is 428 g/mol. The van der Waals surface area contributed by atoms with Crippen LogP contribution in [0.3, 0.4) is 0 Å². The molecule has 4 rings (SSSR count). The van der Waals surface area contributed by atoms with E-state index >= 15 is 0 Å². The summed E-state index contributed by atoms with van der Waals surface area (Å²) in [6.07, 6.45) is 4.63. The van der Waals surface area contributed by atoms with Gasteiger partial charge in [-0.15, -0.1) is 0 Å². The Morgan fingerprint density at radius 1 is 1.11 bits per heavy atom. The lowest BCUT2D eigenvalue weighted by molar-refractivity contribution is -0.465. The maximum Gasteiger partial charge on any atom is 0.338 e. The number of fused-ring (bicyclic) bond motifs is 2. The fourth-order valence-corrected chi connectivity index (χ4v) is 4.50. The molecule has 0 radical (unpaired) electrons. The van der Waals surface area contributed by atoms with Crippen LogP contribution in [0.15, 0.2) is 48.5 Å². The number of nitrogens with zero attached hydrogens (tertiary/aromatic N) is 1. The van der Waals surface area contributed by atoms with Gasteiger partial charge in [0.15, 0.2) is 0 Å². The summed E-state index contributed by atoms with van der Waals surface area (Å²) in [6, 6.07) is 16.3. The summed E-state index contributed by atoms with van der Waals surface area (Å²) in [5.41, 5.74) is 11.1. The van der Waals surface area contributed by atoms with Gasteiger partial charge in [-0.25, -0.2) is 9.37 Å². The Kier molecular flexibility index (Phi) is 5.70. The van der Waals surface area contributed by atoms with Crippen molar-refractivity contribution in [2.75, 3.05) is 6.61 Å². The molecule has 1 fully saturated rings. The third kappa shape index (κ3) is 3.29. The Morgan fingerprint density at radius 2 is 1.78 bits per heavy atom. The molecule has 0 bridgehead atoms.